The number of imidazole rings is 1. The number of nitrogens with one attached hydrogen (secondary N) is 2. The molecule has 4 aromatic rings. The fourth-order valence-corrected chi connectivity index (χ4v) is 3.09. The van der Waals surface area contributed by atoms with E-state index < -0.39 is 0 Å². The van der Waals surface area contributed by atoms with Gasteiger partial charge in [0.15, 0.2) is 5.78 Å². The average molecular weight is 402 g/mol. The lowest BCUT2D eigenvalue weighted by Crippen LogP contribution is -2.16. The molecule has 0 radical (unpaired) electrons. The first kappa shape index (κ1) is 18.7. The van der Waals surface area contributed by atoms with Crippen LogP contribution in [0.25, 0.3) is 11.4 Å². The van der Waals surface area contributed by atoms with Gasteiger partial charge in [-0.3, -0.25) is 9.59 Å². The molecule has 6 heteroatoms. The number of carbonyl (C=O) groups is 2. The molecule has 1 heterocycles. The molecule has 29 heavy (non-hydrogen) atoms. The zero-order valence-electron chi connectivity index (χ0n) is 15.2. The minimum atomic E-state index is -0.353. The minimum Gasteiger partial charge on any atom is -0.345 e. The Morgan fingerprint density at radius 1 is 0.862 bits per heavy atom. The van der Waals surface area contributed by atoms with E-state index in [0.717, 1.165) is 11.4 Å². The number of aromatic amines is 1. The van der Waals surface area contributed by atoms with Crippen molar-refractivity contribution in [2.75, 3.05) is 5.32 Å². The number of aromatic nitrogens is 2. The Labute approximate surface area is 172 Å². The topological polar surface area (TPSA) is 74.8 Å². The quantitative estimate of drug-likeness (QED) is 0.450. The second kappa shape index (κ2) is 8.12. The van der Waals surface area contributed by atoms with Crippen molar-refractivity contribution < 1.29 is 9.59 Å². The number of amides is 1. The van der Waals surface area contributed by atoms with Gasteiger partial charge < -0.3 is 10.3 Å². The maximum absolute atomic E-state index is 12.9. The summed E-state index contributed by atoms with van der Waals surface area (Å²) in [7, 11) is 0. The van der Waals surface area contributed by atoms with E-state index >= 15 is 0 Å². The SMILES string of the molecule is O=C(Nc1ccc(-c2ncc[nH]2)cc1)c1ccccc1C(=O)c1ccc(Cl)cc1. The van der Waals surface area contributed by atoms with Gasteiger partial charge in [0, 0.05) is 39.8 Å². The monoisotopic (exact) mass is 401 g/mol. The fraction of sp³-hybridized carbons (Fsp3) is 0. The molecule has 2 N–H and O–H groups in total. The Morgan fingerprint density at radius 3 is 2.21 bits per heavy atom. The van der Waals surface area contributed by atoms with Crippen molar-refractivity contribution >= 4 is 29.0 Å². The number of halogens is 1. The van der Waals surface area contributed by atoms with E-state index in [4.69, 9.17) is 11.6 Å². The number of ketones is 1. The number of anilines is 1. The highest BCUT2D eigenvalue weighted by Crippen LogP contribution is 2.20. The fourth-order valence-electron chi connectivity index (χ4n) is 2.97. The van der Waals surface area contributed by atoms with Gasteiger partial charge in [0.2, 0.25) is 0 Å². The molecule has 0 unspecified atom stereocenters. The molecule has 1 aromatic heterocycles. The summed E-state index contributed by atoms with van der Waals surface area (Å²) in [6.07, 6.45) is 3.43. The number of carbonyl (C=O) groups excluding carboxylic acids is 2. The van der Waals surface area contributed by atoms with Gasteiger partial charge in [-0.05, 0) is 54.6 Å². The maximum Gasteiger partial charge on any atom is 0.256 e. The predicted octanol–water partition coefficient (Wildman–Crippen LogP) is 5.21. The molecule has 142 valence electrons. The molecular weight excluding hydrogens is 386 g/mol. The van der Waals surface area contributed by atoms with E-state index in [9.17, 15) is 9.59 Å². The van der Waals surface area contributed by atoms with Gasteiger partial charge in [0.1, 0.15) is 5.82 Å². The van der Waals surface area contributed by atoms with Crippen LogP contribution < -0.4 is 5.32 Å². The second-order valence-electron chi connectivity index (χ2n) is 6.35. The highest BCUT2D eigenvalue weighted by Gasteiger charge is 2.18. The van der Waals surface area contributed by atoms with Gasteiger partial charge in [0.05, 0.1) is 5.56 Å². The van der Waals surface area contributed by atoms with E-state index in [1.807, 2.05) is 12.1 Å². The lowest BCUT2D eigenvalue weighted by atomic mass is 9.98. The van der Waals surface area contributed by atoms with E-state index in [1.54, 1.807) is 73.1 Å². The first-order chi connectivity index (χ1) is 14.1. The summed E-state index contributed by atoms with van der Waals surface area (Å²) in [5.41, 5.74) is 2.64. The largest absolute Gasteiger partial charge is 0.345 e. The Bertz CT molecular complexity index is 1150. The van der Waals surface area contributed by atoms with Crippen LogP contribution in [0, 0.1) is 0 Å². The molecule has 0 aliphatic carbocycles. The van der Waals surface area contributed by atoms with Crippen LogP contribution in [0.4, 0.5) is 5.69 Å². The van der Waals surface area contributed by atoms with Gasteiger partial charge in [0.25, 0.3) is 5.91 Å². The summed E-state index contributed by atoms with van der Waals surface area (Å²) in [4.78, 5) is 32.9. The van der Waals surface area contributed by atoms with Crippen LogP contribution in [0.3, 0.4) is 0 Å². The summed E-state index contributed by atoms with van der Waals surface area (Å²) in [5.74, 6) is 0.163. The molecular formula is C23H16ClN3O2. The number of benzene rings is 3. The van der Waals surface area contributed by atoms with Crippen molar-refractivity contribution in [2.24, 2.45) is 0 Å². The molecule has 3 aromatic carbocycles. The molecule has 4 rings (SSSR count). The molecule has 5 nitrogen and oxygen atoms in total. The summed E-state index contributed by atoms with van der Waals surface area (Å²) in [5, 5.41) is 3.39. The van der Waals surface area contributed by atoms with Gasteiger partial charge in [-0.1, -0.05) is 29.8 Å². The predicted molar refractivity (Wildman–Crippen MR) is 113 cm³/mol. The third kappa shape index (κ3) is 4.10. The van der Waals surface area contributed by atoms with Crippen molar-refractivity contribution in [3.05, 3.63) is 107 Å². The Kier molecular flexibility index (Phi) is 5.22. The molecule has 0 saturated carbocycles. The first-order valence-electron chi connectivity index (χ1n) is 8.92. The van der Waals surface area contributed by atoms with Crippen LogP contribution in [-0.4, -0.2) is 21.7 Å². The average Bonchev–Trinajstić information content (AvgIpc) is 3.29. The third-order valence-electron chi connectivity index (χ3n) is 4.44. The smallest absolute Gasteiger partial charge is 0.256 e. The van der Waals surface area contributed by atoms with E-state index in [0.29, 0.717) is 27.4 Å². The molecule has 0 bridgehead atoms. The zero-order chi connectivity index (χ0) is 20.2. The minimum absolute atomic E-state index is 0.236. The molecule has 0 aliphatic rings. The highest BCUT2D eigenvalue weighted by atomic mass is 35.5. The van der Waals surface area contributed by atoms with Crippen LogP contribution in [0.2, 0.25) is 5.02 Å². The molecule has 1 amide bonds. The third-order valence-corrected chi connectivity index (χ3v) is 4.69. The molecule has 0 aliphatic heterocycles. The van der Waals surface area contributed by atoms with Crippen LogP contribution in [0.5, 0.6) is 0 Å². The number of hydrogen-bond donors (Lipinski definition) is 2. The van der Waals surface area contributed by atoms with Gasteiger partial charge in [-0.25, -0.2) is 4.98 Å². The Morgan fingerprint density at radius 2 is 1.55 bits per heavy atom. The number of H-pyrrole nitrogens is 1. The van der Waals surface area contributed by atoms with E-state index in [1.165, 1.54) is 0 Å². The van der Waals surface area contributed by atoms with Crippen molar-refractivity contribution in [1.29, 1.82) is 0 Å². The van der Waals surface area contributed by atoms with Crippen LogP contribution in [0.1, 0.15) is 26.3 Å². The summed E-state index contributed by atoms with van der Waals surface area (Å²) in [6.45, 7) is 0. The van der Waals surface area contributed by atoms with E-state index in [2.05, 4.69) is 15.3 Å². The van der Waals surface area contributed by atoms with Crippen LogP contribution >= 0.6 is 11.6 Å². The van der Waals surface area contributed by atoms with Crippen molar-refractivity contribution in [1.82, 2.24) is 9.97 Å². The van der Waals surface area contributed by atoms with Gasteiger partial charge in [-0.2, -0.15) is 0 Å². The molecule has 0 fully saturated rings. The highest BCUT2D eigenvalue weighted by molar-refractivity contribution is 6.30. The summed E-state index contributed by atoms with van der Waals surface area (Å²) < 4.78 is 0. The lowest BCUT2D eigenvalue weighted by molar-refractivity contribution is 0.0996. The van der Waals surface area contributed by atoms with Crippen molar-refractivity contribution in [3.8, 4) is 11.4 Å². The first-order valence-corrected chi connectivity index (χ1v) is 9.30. The summed E-state index contributed by atoms with van der Waals surface area (Å²) >= 11 is 5.90. The second-order valence-corrected chi connectivity index (χ2v) is 6.79. The number of nitrogens with zero attached hydrogens (tertiary/aromatic N) is 1. The number of hydrogen-bond acceptors (Lipinski definition) is 3. The normalized spacial score (nSPS) is 10.5. The summed E-state index contributed by atoms with van der Waals surface area (Å²) in [6, 6.07) is 20.6. The number of rotatable bonds is 5. The molecule has 0 saturated heterocycles. The van der Waals surface area contributed by atoms with Gasteiger partial charge in [-0.15, -0.1) is 0 Å². The van der Waals surface area contributed by atoms with E-state index in [-0.39, 0.29) is 11.7 Å². The lowest BCUT2D eigenvalue weighted by Gasteiger charge is -2.10. The van der Waals surface area contributed by atoms with Crippen molar-refractivity contribution in [3.63, 3.8) is 0 Å². The van der Waals surface area contributed by atoms with Crippen LogP contribution in [-0.2, 0) is 0 Å². The molecule has 0 atom stereocenters. The standard InChI is InChI=1S/C23H16ClN3O2/c24-17-9-5-15(6-10-17)21(28)19-3-1-2-4-20(19)23(29)27-18-11-7-16(8-12-18)22-25-13-14-26-22/h1-14H,(H,25,26)(H,27,29). The zero-order valence-corrected chi connectivity index (χ0v) is 16.0. The van der Waals surface area contributed by atoms with Crippen LogP contribution in [0.15, 0.2) is 85.2 Å². The van der Waals surface area contributed by atoms with Crippen molar-refractivity contribution in [2.45, 2.75) is 0 Å². The molecule has 0 spiro atoms. The Hall–Kier alpha value is -3.70. The van der Waals surface area contributed by atoms with Gasteiger partial charge >= 0.3 is 0 Å². The Balaban J connectivity index is 1.56. The maximum atomic E-state index is 12.9.